The number of hydrogen-bond donors (Lipinski definition) is 0. The Kier molecular flexibility index (Phi) is 41.4. The van der Waals surface area contributed by atoms with Crippen molar-refractivity contribution in [1.29, 1.82) is 0 Å². The maximum atomic E-state index is 6.22. The van der Waals surface area contributed by atoms with Crippen LogP contribution in [0, 0.1) is 0 Å². The minimum Gasteiger partial charge on any atom is -0.309 e. The molecule has 284 valence electrons. The Morgan fingerprint density at radius 3 is 0.574 bits per heavy atom. The highest BCUT2D eigenvalue weighted by Gasteiger charge is 2.20. The molecule has 0 spiro atoms. The van der Waals surface area contributed by atoms with E-state index in [1.807, 2.05) is 0 Å². The molecule has 0 saturated heterocycles. The van der Waals surface area contributed by atoms with Gasteiger partial charge in [-0.3, -0.25) is 0 Å². The van der Waals surface area contributed by atoms with Crippen molar-refractivity contribution >= 4 is 18.5 Å². The lowest BCUT2D eigenvalue weighted by Gasteiger charge is -2.22. The Bertz CT molecular complexity index is 536. The van der Waals surface area contributed by atoms with Crippen LogP contribution in [0.15, 0.2) is 0 Å². The Hall–Kier alpha value is 0.530. The molecule has 0 unspecified atom stereocenters. The third kappa shape index (κ3) is 39.2. The van der Waals surface area contributed by atoms with Crippen LogP contribution in [0.25, 0.3) is 0 Å². The van der Waals surface area contributed by atoms with Gasteiger partial charge in [0, 0.05) is 0 Å². The molecule has 0 radical (unpaired) electrons. The lowest BCUT2D eigenvalue weighted by atomic mass is 10.1. The fourth-order valence-electron chi connectivity index (χ4n) is 6.47. The number of unbranched alkanes of at least 4 members (excludes halogenated alkanes) is 33. The normalized spacial score (nSPS) is 12.0. The molecule has 0 bridgehead atoms. The van der Waals surface area contributed by atoms with Crippen LogP contribution in [0.4, 0.5) is 0 Å². The van der Waals surface area contributed by atoms with Crippen molar-refractivity contribution in [3.05, 3.63) is 0 Å². The van der Waals surface area contributed by atoms with E-state index in [4.69, 9.17) is 25.4 Å². The minimum absolute atomic E-state index is 0.686. The van der Waals surface area contributed by atoms with Crippen LogP contribution in [0.5, 0.6) is 0 Å². The lowest BCUT2D eigenvalue weighted by molar-refractivity contribution is 0.150. The summed E-state index contributed by atoms with van der Waals surface area (Å²) in [5.74, 6) is 0. The Labute approximate surface area is 302 Å². The van der Waals surface area contributed by atoms with Crippen molar-refractivity contribution < 1.29 is 13.6 Å². The summed E-state index contributed by atoms with van der Waals surface area (Å²) in [6.07, 6.45) is 48.6. The minimum atomic E-state index is -2.63. The second-order valence-electron chi connectivity index (χ2n) is 14.6. The maximum absolute atomic E-state index is 6.22. The molecule has 0 atom stereocenters. The molecule has 0 aromatic carbocycles. The quantitative estimate of drug-likeness (QED) is 0.0467. The first-order valence-electron chi connectivity index (χ1n) is 21.7. The average molecular weight is 703 g/mol. The predicted octanol–water partition coefficient (Wildman–Crippen LogP) is 16.4. The summed E-state index contributed by atoms with van der Waals surface area (Å²) in [5, 5.41) is 0. The van der Waals surface area contributed by atoms with Crippen LogP contribution in [-0.2, 0) is 25.4 Å². The van der Waals surface area contributed by atoms with E-state index in [0.717, 1.165) is 19.3 Å². The number of hydrogen-bond acceptors (Lipinski definition) is 4. The van der Waals surface area contributed by atoms with Crippen LogP contribution in [0.1, 0.15) is 252 Å². The highest BCUT2D eigenvalue weighted by Crippen LogP contribution is 2.50. The smallest absolute Gasteiger partial charge is 0.309 e. The zero-order chi connectivity index (χ0) is 34.2. The third-order valence-electron chi connectivity index (χ3n) is 9.74. The highest BCUT2D eigenvalue weighted by atomic mass is 32.5. The van der Waals surface area contributed by atoms with Gasteiger partial charge in [0.15, 0.2) is 0 Å². The van der Waals surface area contributed by atoms with E-state index >= 15 is 0 Å². The molecule has 0 N–H and O–H groups in total. The van der Waals surface area contributed by atoms with Gasteiger partial charge in [-0.05, 0) is 31.1 Å². The average Bonchev–Trinajstić information content (AvgIpc) is 3.07. The van der Waals surface area contributed by atoms with Crippen molar-refractivity contribution in [3.63, 3.8) is 0 Å². The first kappa shape index (κ1) is 47.5. The lowest BCUT2D eigenvalue weighted by Crippen LogP contribution is -2.04. The van der Waals surface area contributed by atoms with E-state index in [1.165, 1.54) is 212 Å². The molecule has 0 saturated carbocycles. The van der Waals surface area contributed by atoms with E-state index in [1.54, 1.807) is 0 Å². The van der Waals surface area contributed by atoms with Crippen molar-refractivity contribution in [2.75, 3.05) is 19.8 Å². The molecule has 0 aliphatic rings. The second kappa shape index (κ2) is 41.0. The Balaban J connectivity index is 4.08. The third-order valence-corrected chi connectivity index (χ3v) is 12.2. The molecule has 0 heterocycles. The summed E-state index contributed by atoms with van der Waals surface area (Å²) in [6.45, 7) is 6.31. The monoisotopic (exact) mass is 703 g/mol. The van der Waals surface area contributed by atoms with Gasteiger partial charge in [0.05, 0.1) is 19.8 Å². The summed E-state index contributed by atoms with van der Waals surface area (Å²) in [4.78, 5) is 0. The van der Waals surface area contributed by atoms with Crippen LogP contribution in [-0.4, -0.2) is 19.8 Å². The highest BCUT2D eigenvalue weighted by molar-refractivity contribution is 8.07. The van der Waals surface area contributed by atoms with Crippen molar-refractivity contribution in [3.8, 4) is 0 Å². The number of rotatable bonds is 42. The molecule has 3 nitrogen and oxygen atoms in total. The molecule has 47 heavy (non-hydrogen) atoms. The SMILES string of the molecule is CCCCCCCCCCCCCCOP(=S)(OCCCCCCCCCCCCCC)OCCCCCCCCCCCCCC. The van der Waals surface area contributed by atoms with Gasteiger partial charge in [-0.2, -0.15) is 0 Å². The standard InChI is InChI=1S/C42H87O3PS/c1-4-7-10-13-16-19-22-25-28-31-34-37-40-43-46(47,44-41-38-35-32-29-26-23-20-17-14-11-8-5-2)45-42-39-36-33-30-27-24-21-18-15-12-9-6-3/h4-42H2,1-3H3. The molecular weight excluding hydrogens is 616 g/mol. The van der Waals surface area contributed by atoms with Gasteiger partial charge in [-0.25, -0.2) is 0 Å². The van der Waals surface area contributed by atoms with Crippen LogP contribution < -0.4 is 0 Å². The van der Waals surface area contributed by atoms with E-state index < -0.39 is 6.72 Å². The Morgan fingerprint density at radius 2 is 0.404 bits per heavy atom. The Morgan fingerprint density at radius 1 is 0.255 bits per heavy atom. The fourth-order valence-corrected chi connectivity index (χ4v) is 8.42. The molecule has 0 aromatic heterocycles. The predicted molar refractivity (Wildman–Crippen MR) is 215 cm³/mol. The maximum Gasteiger partial charge on any atom is 0.327 e. The molecule has 0 aliphatic carbocycles. The molecule has 0 amide bonds. The van der Waals surface area contributed by atoms with Gasteiger partial charge in [0.2, 0.25) is 0 Å². The van der Waals surface area contributed by atoms with Crippen molar-refractivity contribution in [2.24, 2.45) is 0 Å². The molecule has 0 fully saturated rings. The summed E-state index contributed by atoms with van der Waals surface area (Å²) in [7, 11) is 0. The van der Waals surface area contributed by atoms with Gasteiger partial charge in [0.25, 0.3) is 0 Å². The zero-order valence-corrected chi connectivity index (χ0v) is 34.4. The van der Waals surface area contributed by atoms with Gasteiger partial charge in [0.1, 0.15) is 0 Å². The topological polar surface area (TPSA) is 27.7 Å². The molecule has 0 aliphatic heterocycles. The van der Waals surface area contributed by atoms with Crippen LogP contribution >= 0.6 is 6.72 Å². The van der Waals surface area contributed by atoms with Gasteiger partial charge < -0.3 is 13.6 Å². The largest absolute Gasteiger partial charge is 0.327 e. The van der Waals surface area contributed by atoms with Crippen LogP contribution in [0.2, 0.25) is 0 Å². The summed E-state index contributed by atoms with van der Waals surface area (Å²) in [5.41, 5.74) is 0. The molecular formula is C42H87O3PS. The zero-order valence-electron chi connectivity index (χ0n) is 32.7. The van der Waals surface area contributed by atoms with E-state index in [-0.39, 0.29) is 0 Å². The second-order valence-corrected chi connectivity index (χ2v) is 17.6. The van der Waals surface area contributed by atoms with E-state index in [2.05, 4.69) is 20.8 Å². The summed E-state index contributed by atoms with van der Waals surface area (Å²) >= 11 is 5.91. The van der Waals surface area contributed by atoms with Gasteiger partial charge >= 0.3 is 6.72 Å². The van der Waals surface area contributed by atoms with Crippen LogP contribution in [0.3, 0.4) is 0 Å². The van der Waals surface area contributed by atoms with Crippen molar-refractivity contribution in [1.82, 2.24) is 0 Å². The van der Waals surface area contributed by atoms with E-state index in [9.17, 15) is 0 Å². The van der Waals surface area contributed by atoms with Gasteiger partial charge in [-0.15, -0.1) is 0 Å². The first-order chi connectivity index (χ1) is 23.2. The fraction of sp³-hybridized carbons (Fsp3) is 1.00. The summed E-state index contributed by atoms with van der Waals surface area (Å²) in [6, 6.07) is 0. The first-order valence-corrected chi connectivity index (χ1v) is 24.3. The molecule has 0 rings (SSSR count). The molecule has 0 aromatic rings. The summed E-state index contributed by atoms with van der Waals surface area (Å²) < 4.78 is 18.7. The van der Waals surface area contributed by atoms with Crippen molar-refractivity contribution in [2.45, 2.75) is 252 Å². The van der Waals surface area contributed by atoms with E-state index in [0.29, 0.717) is 19.8 Å². The van der Waals surface area contributed by atoms with Gasteiger partial charge in [-0.1, -0.05) is 233 Å². The molecule has 5 heteroatoms.